The smallest absolute Gasteiger partial charge is 0.407 e. The van der Waals surface area contributed by atoms with Crippen LogP contribution in [0, 0.1) is 5.92 Å². The summed E-state index contributed by atoms with van der Waals surface area (Å²) in [5.74, 6) is 1.24. The Morgan fingerprint density at radius 1 is 1.38 bits per heavy atom. The van der Waals surface area contributed by atoms with E-state index in [4.69, 9.17) is 9.15 Å². The molecule has 0 saturated heterocycles. The Hall–Kier alpha value is -1.98. The number of rotatable bonds is 7. The van der Waals surface area contributed by atoms with Crippen molar-refractivity contribution in [1.29, 1.82) is 0 Å². The third-order valence-electron chi connectivity index (χ3n) is 3.49. The van der Waals surface area contributed by atoms with Gasteiger partial charge in [-0.2, -0.15) is 0 Å². The first-order chi connectivity index (χ1) is 10.1. The molecule has 1 heterocycles. The fourth-order valence-corrected chi connectivity index (χ4v) is 2.14. The van der Waals surface area contributed by atoms with Gasteiger partial charge in [-0.1, -0.05) is 6.92 Å². The Kier molecular flexibility index (Phi) is 5.25. The van der Waals surface area contributed by atoms with Gasteiger partial charge in [-0.3, -0.25) is 4.79 Å². The summed E-state index contributed by atoms with van der Waals surface area (Å²) >= 11 is 0. The van der Waals surface area contributed by atoms with Crippen molar-refractivity contribution >= 4 is 12.0 Å². The lowest BCUT2D eigenvalue weighted by Gasteiger charge is -2.18. The lowest BCUT2D eigenvalue weighted by molar-refractivity contribution is 0.0915. The van der Waals surface area contributed by atoms with Crippen LogP contribution in [-0.4, -0.2) is 31.2 Å². The van der Waals surface area contributed by atoms with E-state index in [2.05, 4.69) is 10.6 Å². The van der Waals surface area contributed by atoms with Gasteiger partial charge in [0.25, 0.3) is 5.91 Å². The third kappa shape index (κ3) is 4.51. The first-order valence-corrected chi connectivity index (χ1v) is 7.44. The quantitative estimate of drug-likeness (QED) is 0.807. The molecule has 0 aliphatic heterocycles. The van der Waals surface area contributed by atoms with Gasteiger partial charge < -0.3 is 19.8 Å². The van der Waals surface area contributed by atoms with E-state index in [1.165, 1.54) is 0 Å². The molecule has 1 aliphatic carbocycles. The van der Waals surface area contributed by atoms with E-state index in [1.807, 2.05) is 6.92 Å². The van der Waals surface area contributed by atoms with E-state index in [1.54, 1.807) is 19.1 Å². The van der Waals surface area contributed by atoms with Crippen LogP contribution in [0.5, 0.6) is 0 Å². The fourth-order valence-electron chi connectivity index (χ4n) is 2.14. The number of ether oxygens (including phenoxy) is 1. The molecule has 1 fully saturated rings. The molecule has 1 aromatic rings. The van der Waals surface area contributed by atoms with Crippen LogP contribution in [0.15, 0.2) is 16.5 Å². The standard InChI is InChI=1S/C15H22N2O4/c1-3-11-7-8-13(21-11)14(18)16-9-12(10-5-6-10)17-15(19)20-4-2/h7-8,10,12H,3-6,9H2,1-2H3,(H,16,18)(H,17,19)/t12-/m0/s1. The number of aryl methyl sites for hydroxylation is 1. The number of furan rings is 1. The molecule has 1 saturated carbocycles. The van der Waals surface area contributed by atoms with Gasteiger partial charge in [0.05, 0.1) is 12.6 Å². The Balaban J connectivity index is 1.83. The van der Waals surface area contributed by atoms with Crippen LogP contribution in [0.2, 0.25) is 0 Å². The number of alkyl carbamates (subject to hydrolysis) is 1. The molecule has 2 amide bonds. The molecule has 0 aromatic carbocycles. The highest BCUT2D eigenvalue weighted by Gasteiger charge is 2.33. The topological polar surface area (TPSA) is 80.6 Å². The number of carbonyl (C=O) groups is 2. The molecule has 0 spiro atoms. The number of nitrogens with one attached hydrogen (secondary N) is 2. The third-order valence-corrected chi connectivity index (χ3v) is 3.49. The van der Waals surface area contributed by atoms with Gasteiger partial charge in [0.1, 0.15) is 5.76 Å². The molecule has 2 N–H and O–H groups in total. The van der Waals surface area contributed by atoms with E-state index in [9.17, 15) is 9.59 Å². The van der Waals surface area contributed by atoms with Crippen LogP contribution in [0.3, 0.4) is 0 Å². The van der Waals surface area contributed by atoms with Crippen molar-refractivity contribution in [1.82, 2.24) is 10.6 Å². The number of hydrogen-bond donors (Lipinski definition) is 2. The molecule has 21 heavy (non-hydrogen) atoms. The number of carbonyl (C=O) groups excluding carboxylic acids is 2. The first-order valence-electron chi connectivity index (χ1n) is 7.44. The van der Waals surface area contributed by atoms with E-state index in [-0.39, 0.29) is 11.9 Å². The Bertz CT molecular complexity index is 494. The number of hydrogen-bond acceptors (Lipinski definition) is 4. The van der Waals surface area contributed by atoms with Gasteiger partial charge in [0.15, 0.2) is 5.76 Å². The summed E-state index contributed by atoms with van der Waals surface area (Å²) in [4.78, 5) is 23.5. The molecule has 6 nitrogen and oxygen atoms in total. The molecule has 0 radical (unpaired) electrons. The van der Waals surface area contributed by atoms with Crippen molar-refractivity contribution in [3.05, 3.63) is 23.7 Å². The average molecular weight is 294 g/mol. The van der Waals surface area contributed by atoms with E-state index >= 15 is 0 Å². The predicted octanol–water partition coefficient (Wildman–Crippen LogP) is 2.10. The lowest BCUT2D eigenvalue weighted by atomic mass is 10.2. The Labute approximate surface area is 124 Å². The lowest BCUT2D eigenvalue weighted by Crippen LogP contribution is -2.45. The zero-order valence-electron chi connectivity index (χ0n) is 12.5. The SMILES string of the molecule is CCOC(=O)N[C@@H](CNC(=O)c1ccc(CC)o1)C1CC1. The van der Waals surface area contributed by atoms with Crippen molar-refractivity contribution in [2.45, 2.75) is 39.2 Å². The molecule has 1 aromatic heterocycles. The zero-order valence-corrected chi connectivity index (χ0v) is 12.5. The summed E-state index contributed by atoms with van der Waals surface area (Å²) in [5.41, 5.74) is 0. The van der Waals surface area contributed by atoms with Crippen LogP contribution >= 0.6 is 0 Å². The zero-order chi connectivity index (χ0) is 15.2. The summed E-state index contributed by atoms with van der Waals surface area (Å²) in [7, 11) is 0. The minimum atomic E-state index is -0.435. The van der Waals surface area contributed by atoms with Gasteiger partial charge in [0.2, 0.25) is 0 Å². The second-order valence-corrected chi connectivity index (χ2v) is 5.14. The van der Waals surface area contributed by atoms with Gasteiger partial charge >= 0.3 is 6.09 Å². The van der Waals surface area contributed by atoms with Gasteiger partial charge in [-0.15, -0.1) is 0 Å². The van der Waals surface area contributed by atoms with Crippen LogP contribution in [0.4, 0.5) is 4.79 Å². The largest absolute Gasteiger partial charge is 0.456 e. The highest BCUT2D eigenvalue weighted by molar-refractivity contribution is 5.91. The maximum Gasteiger partial charge on any atom is 0.407 e. The molecule has 116 valence electrons. The first kappa shape index (κ1) is 15.4. The van der Waals surface area contributed by atoms with Crippen molar-refractivity contribution < 1.29 is 18.7 Å². The monoisotopic (exact) mass is 294 g/mol. The molecule has 1 atom stereocenters. The summed E-state index contributed by atoms with van der Waals surface area (Å²) in [6.07, 6.45) is 2.44. The average Bonchev–Trinajstić information content (AvgIpc) is 3.20. The van der Waals surface area contributed by atoms with Crippen LogP contribution < -0.4 is 10.6 Å². The maximum atomic E-state index is 12.0. The molecule has 0 bridgehead atoms. The van der Waals surface area contributed by atoms with E-state index in [0.29, 0.717) is 24.8 Å². The second-order valence-electron chi connectivity index (χ2n) is 5.14. The Morgan fingerprint density at radius 2 is 2.14 bits per heavy atom. The Morgan fingerprint density at radius 3 is 2.71 bits per heavy atom. The summed E-state index contributed by atoms with van der Waals surface area (Å²) in [6.45, 7) is 4.44. The minimum Gasteiger partial charge on any atom is -0.456 e. The molecule has 0 unspecified atom stereocenters. The molecule has 1 aliphatic rings. The van der Waals surface area contributed by atoms with E-state index < -0.39 is 6.09 Å². The highest BCUT2D eigenvalue weighted by atomic mass is 16.5. The fraction of sp³-hybridized carbons (Fsp3) is 0.600. The second kappa shape index (κ2) is 7.15. The minimum absolute atomic E-state index is 0.0893. The summed E-state index contributed by atoms with van der Waals surface area (Å²) < 4.78 is 10.3. The van der Waals surface area contributed by atoms with Crippen molar-refractivity contribution in [2.24, 2.45) is 5.92 Å². The summed E-state index contributed by atoms with van der Waals surface area (Å²) in [6, 6.07) is 3.37. The van der Waals surface area contributed by atoms with Gasteiger partial charge in [-0.05, 0) is 37.8 Å². The molecule has 2 rings (SSSR count). The van der Waals surface area contributed by atoms with E-state index in [0.717, 1.165) is 25.0 Å². The van der Waals surface area contributed by atoms with Crippen molar-refractivity contribution in [3.8, 4) is 0 Å². The number of amides is 2. The highest BCUT2D eigenvalue weighted by Crippen LogP contribution is 2.32. The molecular formula is C15H22N2O4. The molecule has 6 heteroatoms. The van der Waals surface area contributed by atoms with Gasteiger partial charge in [-0.25, -0.2) is 4.79 Å². The van der Waals surface area contributed by atoms with Crippen LogP contribution in [0.1, 0.15) is 43.0 Å². The molecular weight excluding hydrogens is 272 g/mol. The van der Waals surface area contributed by atoms with Crippen molar-refractivity contribution in [2.75, 3.05) is 13.2 Å². The maximum absolute atomic E-state index is 12.0. The predicted molar refractivity (Wildman–Crippen MR) is 77.1 cm³/mol. The summed E-state index contributed by atoms with van der Waals surface area (Å²) in [5, 5.41) is 5.60. The van der Waals surface area contributed by atoms with Crippen LogP contribution in [-0.2, 0) is 11.2 Å². The normalized spacial score (nSPS) is 15.3. The van der Waals surface area contributed by atoms with Crippen LogP contribution in [0.25, 0.3) is 0 Å². The van der Waals surface area contributed by atoms with Crippen molar-refractivity contribution in [3.63, 3.8) is 0 Å². The van der Waals surface area contributed by atoms with Gasteiger partial charge in [0, 0.05) is 13.0 Å².